The number of ketones is 1. The van der Waals surface area contributed by atoms with Gasteiger partial charge >= 0.3 is 6.09 Å². The Labute approximate surface area is 106 Å². The van der Waals surface area contributed by atoms with Crippen LogP contribution in [0, 0.1) is 11.8 Å². The number of nitrogens with zero attached hydrogens (tertiary/aromatic N) is 1. The van der Waals surface area contributed by atoms with Gasteiger partial charge in [0.25, 0.3) is 0 Å². The van der Waals surface area contributed by atoms with Crippen LogP contribution < -0.4 is 0 Å². The molecular weight excluding hydrogens is 234 g/mol. The predicted octanol–water partition coefficient (Wildman–Crippen LogP) is 1.40. The lowest BCUT2D eigenvalue weighted by atomic mass is 9.94. The minimum atomic E-state index is -0.591. The molecule has 0 aromatic rings. The Morgan fingerprint density at radius 1 is 1.44 bits per heavy atom. The van der Waals surface area contributed by atoms with Crippen molar-refractivity contribution in [3.8, 4) is 0 Å². The van der Waals surface area contributed by atoms with Gasteiger partial charge in [0.2, 0.25) is 0 Å². The van der Waals surface area contributed by atoms with Gasteiger partial charge in [0.15, 0.2) is 0 Å². The van der Waals surface area contributed by atoms with Gasteiger partial charge in [-0.2, -0.15) is 0 Å². The maximum atomic E-state index is 12.0. The number of amides is 1. The molecule has 0 spiro atoms. The Hall–Kier alpha value is -1.39. The summed E-state index contributed by atoms with van der Waals surface area (Å²) >= 11 is 0. The maximum absolute atomic E-state index is 12.0. The summed E-state index contributed by atoms with van der Waals surface area (Å²) in [7, 11) is 0. The molecule has 1 heterocycles. The van der Waals surface area contributed by atoms with Gasteiger partial charge in [-0.05, 0) is 33.1 Å². The van der Waals surface area contributed by atoms with Crippen LogP contribution in [0.2, 0.25) is 0 Å². The molecule has 0 radical (unpaired) electrons. The molecule has 0 N–H and O–H groups in total. The van der Waals surface area contributed by atoms with Gasteiger partial charge in [-0.3, -0.25) is 9.69 Å². The summed E-state index contributed by atoms with van der Waals surface area (Å²) in [5.41, 5.74) is -0.591. The molecule has 100 valence electrons. The van der Waals surface area contributed by atoms with Crippen LogP contribution in [0.1, 0.15) is 33.6 Å². The van der Waals surface area contributed by atoms with Crippen LogP contribution in [0.15, 0.2) is 0 Å². The third-order valence-electron chi connectivity index (χ3n) is 3.61. The first-order valence-corrected chi connectivity index (χ1v) is 6.31. The van der Waals surface area contributed by atoms with Crippen LogP contribution >= 0.6 is 0 Å². The molecule has 2 fully saturated rings. The van der Waals surface area contributed by atoms with E-state index in [1.807, 2.05) is 0 Å². The number of Topliss-reactive ketones (excluding diaryl/α,β-unsaturated/α-hetero) is 1. The van der Waals surface area contributed by atoms with Gasteiger partial charge in [0, 0.05) is 18.9 Å². The molecule has 5 nitrogen and oxygen atoms in total. The Kier molecular flexibility index (Phi) is 3.17. The van der Waals surface area contributed by atoms with Gasteiger partial charge < -0.3 is 9.53 Å². The standard InChI is InChI=1S/C13H19NO4/c1-13(2,3)18-12(17)14-6-9-8(10(14)7-15)4-5-11(9)16/h7-10H,4-6H2,1-3H3/t8-,9-,10+/m0/s1. The highest BCUT2D eigenvalue weighted by atomic mass is 16.6. The molecule has 18 heavy (non-hydrogen) atoms. The molecule has 2 rings (SSSR count). The number of carbonyl (C=O) groups excluding carboxylic acids is 3. The van der Waals surface area contributed by atoms with E-state index in [1.165, 1.54) is 4.90 Å². The van der Waals surface area contributed by atoms with Crippen molar-refractivity contribution in [1.82, 2.24) is 4.90 Å². The normalized spacial score (nSPS) is 31.4. The van der Waals surface area contributed by atoms with Crippen LogP contribution in [0.5, 0.6) is 0 Å². The van der Waals surface area contributed by atoms with Crippen LogP contribution in [0.25, 0.3) is 0 Å². The highest BCUT2D eigenvalue weighted by Crippen LogP contribution is 2.39. The minimum absolute atomic E-state index is 0.0116. The lowest BCUT2D eigenvalue weighted by Crippen LogP contribution is -2.42. The second kappa shape index (κ2) is 4.37. The van der Waals surface area contributed by atoms with Gasteiger partial charge in [0.05, 0.1) is 6.04 Å². The van der Waals surface area contributed by atoms with E-state index < -0.39 is 17.7 Å². The fraction of sp³-hybridized carbons (Fsp3) is 0.769. The highest BCUT2D eigenvalue weighted by molar-refractivity contribution is 5.87. The van der Waals surface area contributed by atoms with Gasteiger partial charge in [-0.1, -0.05) is 0 Å². The van der Waals surface area contributed by atoms with E-state index >= 15 is 0 Å². The highest BCUT2D eigenvalue weighted by Gasteiger charge is 2.50. The summed E-state index contributed by atoms with van der Waals surface area (Å²) in [4.78, 5) is 36.3. The second-order valence-electron chi connectivity index (χ2n) is 6.03. The Morgan fingerprint density at radius 2 is 2.11 bits per heavy atom. The number of aldehydes is 1. The molecule has 0 aromatic heterocycles. The predicted molar refractivity (Wildman–Crippen MR) is 64.0 cm³/mol. The molecule has 0 aromatic carbocycles. The van der Waals surface area contributed by atoms with E-state index in [-0.39, 0.29) is 17.6 Å². The molecule has 5 heteroatoms. The molecule has 2 aliphatic rings. The quantitative estimate of drug-likeness (QED) is 0.663. The number of hydrogen-bond acceptors (Lipinski definition) is 4. The molecule has 1 saturated heterocycles. The van der Waals surface area contributed by atoms with Crippen molar-refractivity contribution in [2.45, 2.75) is 45.3 Å². The van der Waals surface area contributed by atoms with Crippen molar-refractivity contribution in [3.63, 3.8) is 0 Å². The summed E-state index contributed by atoms with van der Waals surface area (Å²) in [6.07, 6.45) is 1.50. The van der Waals surface area contributed by atoms with Gasteiger partial charge in [-0.25, -0.2) is 4.79 Å². The summed E-state index contributed by atoms with van der Waals surface area (Å²) in [6, 6.07) is -0.503. The fourth-order valence-electron chi connectivity index (χ4n) is 2.84. The number of likely N-dealkylation sites (tertiary alicyclic amines) is 1. The van der Waals surface area contributed by atoms with Crippen molar-refractivity contribution >= 4 is 18.2 Å². The Bertz CT molecular complexity index is 385. The van der Waals surface area contributed by atoms with Gasteiger partial charge in [0.1, 0.15) is 17.7 Å². The average molecular weight is 253 g/mol. The third kappa shape index (κ3) is 2.26. The molecule has 1 aliphatic heterocycles. The van der Waals surface area contributed by atoms with Crippen molar-refractivity contribution < 1.29 is 19.1 Å². The van der Waals surface area contributed by atoms with E-state index in [0.717, 1.165) is 6.29 Å². The molecule has 3 atom stereocenters. The van der Waals surface area contributed by atoms with E-state index in [1.54, 1.807) is 20.8 Å². The average Bonchev–Trinajstić information content (AvgIpc) is 2.76. The van der Waals surface area contributed by atoms with E-state index in [9.17, 15) is 14.4 Å². The SMILES string of the molecule is CC(C)(C)OC(=O)N1C[C@@H]2C(=O)CC[C@@H]2[C@H]1C=O. The van der Waals surface area contributed by atoms with Crippen LogP contribution in [0.4, 0.5) is 4.79 Å². The van der Waals surface area contributed by atoms with Crippen LogP contribution in [-0.4, -0.2) is 41.3 Å². The minimum Gasteiger partial charge on any atom is -0.444 e. The number of rotatable bonds is 1. The zero-order valence-electron chi connectivity index (χ0n) is 11.0. The number of fused-ring (bicyclic) bond motifs is 1. The first-order valence-electron chi connectivity index (χ1n) is 6.31. The number of ether oxygens (including phenoxy) is 1. The number of hydrogen-bond donors (Lipinski definition) is 0. The fourth-order valence-corrected chi connectivity index (χ4v) is 2.84. The molecule has 1 saturated carbocycles. The summed E-state index contributed by atoms with van der Waals surface area (Å²) < 4.78 is 5.27. The van der Waals surface area contributed by atoms with Crippen molar-refractivity contribution in [2.75, 3.05) is 6.54 Å². The van der Waals surface area contributed by atoms with E-state index in [0.29, 0.717) is 19.4 Å². The maximum Gasteiger partial charge on any atom is 0.410 e. The van der Waals surface area contributed by atoms with Crippen LogP contribution in [-0.2, 0) is 14.3 Å². The number of carbonyl (C=O) groups is 3. The van der Waals surface area contributed by atoms with Crippen molar-refractivity contribution in [3.05, 3.63) is 0 Å². The van der Waals surface area contributed by atoms with Crippen molar-refractivity contribution in [1.29, 1.82) is 0 Å². The third-order valence-corrected chi connectivity index (χ3v) is 3.61. The lowest BCUT2D eigenvalue weighted by Gasteiger charge is -2.27. The van der Waals surface area contributed by atoms with Gasteiger partial charge in [-0.15, -0.1) is 0 Å². The first-order chi connectivity index (χ1) is 8.33. The summed E-state index contributed by atoms with van der Waals surface area (Å²) in [5.74, 6) is -0.0202. The lowest BCUT2D eigenvalue weighted by molar-refractivity contribution is -0.120. The second-order valence-corrected chi connectivity index (χ2v) is 6.03. The topological polar surface area (TPSA) is 63.7 Å². The molecular formula is C13H19NO4. The monoisotopic (exact) mass is 253 g/mol. The Balaban J connectivity index is 2.12. The zero-order chi connectivity index (χ0) is 13.5. The van der Waals surface area contributed by atoms with Crippen LogP contribution in [0.3, 0.4) is 0 Å². The molecule has 0 bridgehead atoms. The Morgan fingerprint density at radius 3 is 2.67 bits per heavy atom. The largest absolute Gasteiger partial charge is 0.444 e. The zero-order valence-corrected chi connectivity index (χ0v) is 11.0. The summed E-state index contributed by atoms with van der Waals surface area (Å²) in [5, 5.41) is 0. The smallest absolute Gasteiger partial charge is 0.410 e. The van der Waals surface area contributed by atoms with E-state index in [2.05, 4.69) is 0 Å². The summed E-state index contributed by atoms with van der Waals surface area (Å²) in [6.45, 7) is 5.66. The molecule has 1 amide bonds. The first kappa shape index (κ1) is 13.1. The van der Waals surface area contributed by atoms with E-state index in [4.69, 9.17) is 4.74 Å². The van der Waals surface area contributed by atoms with Crippen molar-refractivity contribution in [2.24, 2.45) is 11.8 Å². The molecule has 1 aliphatic carbocycles. The molecule has 0 unspecified atom stereocenters.